The number of para-hydroxylation sites is 1. The number of nitrogens with one attached hydrogen (secondary N) is 1. The van der Waals surface area contributed by atoms with E-state index in [2.05, 4.69) is 35.9 Å². The Morgan fingerprint density at radius 1 is 1.00 bits per heavy atom. The molecule has 1 aliphatic carbocycles. The van der Waals surface area contributed by atoms with Gasteiger partial charge < -0.3 is 4.90 Å². The van der Waals surface area contributed by atoms with E-state index >= 15 is 0 Å². The summed E-state index contributed by atoms with van der Waals surface area (Å²) in [6, 6.07) is 15.9. The van der Waals surface area contributed by atoms with E-state index in [4.69, 9.17) is 0 Å². The van der Waals surface area contributed by atoms with E-state index in [0.29, 0.717) is 18.8 Å². The van der Waals surface area contributed by atoms with Gasteiger partial charge in [0.2, 0.25) is 10.0 Å². The summed E-state index contributed by atoms with van der Waals surface area (Å²) < 4.78 is 28.2. The molecule has 0 bridgehead atoms. The van der Waals surface area contributed by atoms with E-state index in [9.17, 15) is 18.5 Å². The van der Waals surface area contributed by atoms with Gasteiger partial charge in [-0.1, -0.05) is 42.5 Å². The minimum absolute atomic E-state index is 0. The van der Waals surface area contributed by atoms with E-state index < -0.39 is 20.6 Å². The fourth-order valence-electron chi connectivity index (χ4n) is 4.31. The highest BCUT2D eigenvalue weighted by molar-refractivity contribution is 7.89. The lowest BCUT2D eigenvalue weighted by molar-refractivity contribution is -0.387. The van der Waals surface area contributed by atoms with Crippen LogP contribution in [0.15, 0.2) is 59.5 Å². The van der Waals surface area contributed by atoms with Crippen LogP contribution < -0.4 is 4.72 Å². The van der Waals surface area contributed by atoms with Crippen molar-refractivity contribution < 1.29 is 13.3 Å². The number of hydrogen-bond donors (Lipinski definition) is 1. The van der Waals surface area contributed by atoms with Gasteiger partial charge in [0.1, 0.15) is 0 Å². The van der Waals surface area contributed by atoms with E-state index in [1.54, 1.807) is 0 Å². The number of benzene rings is 2. The average molecular weight is 454 g/mol. The molecule has 30 heavy (non-hydrogen) atoms. The second-order valence-corrected chi connectivity index (χ2v) is 9.46. The molecule has 1 unspecified atom stereocenters. The molecule has 0 spiro atoms. The lowest BCUT2D eigenvalue weighted by atomic mass is 9.79. The number of hydrogen-bond acceptors (Lipinski definition) is 5. The molecule has 0 heterocycles. The van der Waals surface area contributed by atoms with Crippen LogP contribution in [0.4, 0.5) is 5.69 Å². The van der Waals surface area contributed by atoms with Gasteiger partial charge in [-0.25, -0.2) is 13.1 Å². The van der Waals surface area contributed by atoms with Gasteiger partial charge in [-0.3, -0.25) is 10.1 Å². The summed E-state index contributed by atoms with van der Waals surface area (Å²) in [5, 5.41) is 11.2. The van der Waals surface area contributed by atoms with E-state index in [1.807, 2.05) is 18.2 Å². The molecule has 9 heteroatoms. The minimum Gasteiger partial charge on any atom is -0.302 e. The molecule has 2 aromatic rings. The van der Waals surface area contributed by atoms with Crippen molar-refractivity contribution in [2.24, 2.45) is 5.92 Å². The standard InChI is InChI=1S/C21H27N3O4S.ClH/c1-23(2)21(16-8-4-3-5-9-16)17-12-14-18(15-13-17)22-29(27,28)20-11-7-6-10-19(20)24(25)26;/h3-11,17-18,21-22H,12-15H2,1-2H3;1H. The zero-order valence-corrected chi connectivity index (χ0v) is 18.7. The molecule has 1 aliphatic rings. The Labute approximate surface area is 184 Å². The van der Waals surface area contributed by atoms with E-state index in [1.165, 1.54) is 29.8 Å². The number of nitro benzene ring substituents is 1. The van der Waals surface area contributed by atoms with Crippen LogP contribution in [-0.4, -0.2) is 38.4 Å². The number of rotatable bonds is 7. The molecule has 2 aromatic carbocycles. The van der Waals surface area contributed by atoms with Gasteiger partial charge in [0.05, 0.1) is 4.92 Å². The van der Waals surface area contributed by atoms with Crippen LogP contribution in [0, 0.1) is 16.0 Å². The summed E-state index contributed by atoms with van der Waals surface area (Å²) in [4.78, 5) is 12.5. The van der Waals surface area contributed by atoms with Crippen molar-refractivity contribution in [1.82, 2.24) is 9.62 Å². The van der Waals surface area contributed by atoms with E-state index in [0.717, 1.165) is 12.8 Å². The molecule has 1 atom stereocenters. The fourth-order valence-corrected chi connectivity index (χ4v) is 5.79. The quantitative estimate of drug-likeness (QED) is 0.502. The Morgan fingerprint density at radius 2 is 1.57 bits per heavy atom. The Bertz CT molecular complexity index is 946. The lowest BCUT2D eigenvalue weighted by Crippen LogP contribution is -2.40. The number of sulfonamides is 1. The van der Waals surface area contributed by atoms with Crippen LogP contribution in [0.3, 0.4) is 0 Å². The molecule has 0 radical (unpaired) electrons. The first kappa shape index (κ1) is 24.3. The number of nitrogens with zero attached hydrogens (tertiary/aromatic N) is 2. The Morgan fingerprint density at radius 3 is 2.13 bits per heavy atom. The highest BCUT2D eigenvalue weighted by Crippen LogP contribution is 2.37. The maximum absolute atomic E-state index is 12.7. The summed E-state index contributed by atoms with van der Waals surface area (Å²) in [6.45, 7) is 0. The first-order valence-corrected chi connectivity index (χ1v) is 11.2. The summed E-state index contributed by atoms with van der Waals surface area (Å²) in [6.07, 6.45) is 3.20. The van der Waals surface area contributed by atoms with Crippen molar-refractivity contribution in [3.8, 4) is 0 Å². The Kier molecular flexibility index (Phi) is 8.37. The van der Waals surface area contributed by atoms with Crippen molar-refractivity contribution in [3.63, 3.8) is 0 Å². The van der Waals surface area contributed by atoms with Gasteiger partial charge in [0.25, 0.3) is 5.69 Å². The van der Waals surface area contributed by atoms with Crippen molar-refractivity contribution in [2.45, 2.75) is 42.7 Å². The molecule has 1 N–H and O–H groups in total. The Hall–Kier alpha value is -2.00. The minimum atomic E-state index is -3.94. The zero-order valence-electron chi connectivity index (χ0n) is 17.1. The molecule has 1 fully saturated rings. The van der Waals surface area contributed by atoms with Crippen LogP contribution in [0.1, 0.15) is 37.3 Å². The lowest BCUT2D eigenvalue weighted by Gasteiger charge is -2.37. The monoisotopic (exact) mass is 453 g/mol. The maximum Gasteiger partial charge on any atom is 0.289 e. The summed E-state index contributed by atoms with van der Waals surface area (Å²) >= 11 is 0. The first-order chi connectivity index (χ1) is 13.8. The van der Waals surface area contributed by atoms with Gasteiger partial charge >= 0.3 is 0 Å². The van der Waals surface area contributed by atoms with Crippen LogP contribution in [0.25, 0.3) is 0 Å². The number of halogens is 1. The van der Waals surface area contributed by atoms with Crippen LogP contribution in [0.2, 0.25) is 0 Å². The first-order valence-electron chi connectivity index (χ1n) is 9.76. The zero-order chi connectivity index (χ0) is 21.0. The fraction of sp³-hybridized carbons (Fsp3) is 0.429. The van der Waals surface area contributed by atoms with Gasteiger partial charge in [-0.2, -0.15) is 0 Å². The molecule has 1 saturated carbocycles. The third-order valence-corrected chi connectivity index (χ3v) is 7.16. The molecule has 164 valence electrons. The van der Waals surface area contributed by atoms with Gasteiger partial charge in [0, 0.05) is 18.2 Å². The normalized spacial score (nSPS) is 20.4. The predicted octanol–water partition coefficient (Wildman–Crippen LogP) is 4.16. The number of nitro groups is 1. The second-order valence-electron chi connectivity index (χ2n) is 7.78. The van der Waals surface area contributed by atoms with Crippen molar-refractivity contribution in [3.05, 3.63) is 70.3 Å². The molecule has 0 amide bonds. The second kappa shape index (κ2) is 10.3. The molecular weight excluding hydrogens is 426 g/mol. The largest absolute Gasteiger partial charge is 0.302 e. The molecular formula is C21H28ClN3O4S. The van der Waals surface area contributed by atoms with Gasteiger partial charge in [-0.15, -0.1) is 12.4 Å². The van der Waals surface area contributed by atoms with Crippen molar-refractivity contribution in [1.29, 1.82) is 0 Å². The van der Waals surface area contributed by atoms with Crippen molar-refractivity contribution in [2.75, 3.05) is 14.1 Å². The third kappa shape index (κ3) is 5.57. The average Bonchev–Trinajstić information content (AvgIpc) is 2.70. The third-order valence-electron chi connectivity index (χ3n) is 5.59. The smallest absolute Gasteiger partial charge is 0.289 e. The molecule has 0 aliphatic heterocycles. The van der Waals surface area contributed by atoms with Crippen molar-refractivity contribution >= 4 is 28.1 Å². The van der Waals surface area contributed by atoms with Crippen LogP contribution in [0.5, 0.6) is 0 Å². The van der Waals surface area contributed by atoms with Crippen LogP contribution in [-0.2, 0) is 10.0 Å². The molecule has 0 saturated heterocycles. The predicted molar refractivity (Wildman–Crippen MR) is 119 cm³/mol. The van der Waals surface area contributed by atoms with Gasteiger partial charge in [0.15, 0.2) is 4.90 Å². The Balaban J connectivity index is 0.00000320. The maximum atomic E-state index is 12.7. The van der Waals surface area contributed by atoms with E-state index in [-0.39, 0.29) is 29.4 Å². The molecule has 0 aromatic heterocycles. The van der Waals surface area contributed by atoms with Crippen LogP contribution >= 0.6 is 12.4 Å². The summed E-state index contributed by atoms with van der Waals surface area (Å²) in [5.41, 5.74) is 0.867. The molecule has 3 rings (SSSR count). The highest BCUT2D eigenvalue weighted by Gasteiger charge is 2.33. The van der Waals surface area contributed by atoms with Gasteiger partial charge in [-0.05, 0) is 57.3 Å². The molecule has 7 nitrogen and oxygen atoms in total. The SMILES string of the molecule is CN(C)C(c1ccccc1)C1CCC(NS(=O)(=O)c2ccccc2[N+](=O)[O-])CC1.Cl. The topological polar surface area (TPSA) is 92.6 Å². The highest BCUT2D eigenvalue weighted by atomic mass is 35.5. The summed E-state index contributed by atoms with van der Waals surface area (Å²) in [5.74, 6) is 0.430. The summed E-state index contributed by atoms with van der Waals surface area (Å²) in [7, 11) is 0.197.